The van der Waals surface area contributed by atoms with Crippen LogP contribution in [-0.4, -0.2) is 17.5 Å². The van der Waals surface area contributed by atoms with Crippen molar-refractivity contribution in [3.05, 3.63) is 35.4 Å². The molecule has 1 aliphatic rings. The largest absolute Gasteiger partial charge is 0.324 e. The lowest BCUT2D eigenvalue weighted by Gasteiger charge is -2.20. The van der Waals surface area contributed by atoms with Crippen LogP contribution in [-0.2, 0) is 0 Å². The predicted molar refractivity (Wildman–Crippen MR) is 80.9 cm³/mol. The zero-order chi connectivity index (χ0) is 13.0. The average Bonchev–Trinajstić information content (AvgIpc) is 2.67. The molecule has 0 aromatic heterocycles. The van der Waals surface area contributed by atoms with Gasteiger partial charge in [-0.3, -0.25) is 0 Å². The van der Waals surface area contributed by atoms with Gasteiger partial charge in [-0.1, -0.05) is 31.2 Å². The zero-order valence-electron chi connectivity index (χ0n) is 11.4. The number of nitrogens with two attached hydrogens (primary N) is 1. The van der Waals surface area contributed by atoms with Crippen LogP contribution in [0.25, 0.3) is 0 Å². The molecule has 0 fully saturated rings. The van der Waals surface area contributed by atoms with Crippen LogP contribution in [0.15, 0.2) is 24.3 Å². The third-order valence-electron chi connectivity index (χ3n) is 3.65. The Morgan fingerprint density at radius 1 is 1.39 bits per heavy atom. The van der Waals surface area contributed by atoms with Crippen molar-refractivity contribution in [3.8, 4) is 0 Å². The second-order valence-corrected chi connectivity index (χ2v) is 6.47. The van der Waals surface area contributed by atoms with Gasteiger partial charge in [0.05, 0.1) is 0 Å². The quantitative estimate of drug-likeness (QED) is 0.775. The van der Waals surface area contributed by atoms with Gasteiger partial charge in [0.1, 0.15) is 0 Å². The van der Waals surface area contributed by atoms with Crippen LogP contribution in [0.3, 0.4) is 0 Å². The first-order valence-electron chi connectivity index (χ1n) is 6.90. The molecule has 2 rings (SSSR count). The summed E-state index contributed by atoms with van der Waals surface area (Å²) in [5, 5.41) is 3.73. The minimum absolute atomic E-state index is 0.205. The van der Waals surface area contributed by atoms with Gasteiger partial charge in [-0.05, 0) is 42.4 Å². The lowest BCUT2D eigenvalue weighted by molar-refractivity contribution is 0.431. The number of thioether (sulfide) groups is 1. The van der Waals surface area contributed by atoms with Gasteiger partial charge < -0.3 is 11.1 Å². The monoisotopic (exact) mass is 264 g/mol. The number of rotatable bonds is 6. The van der Waals surface area contributed by atoms with Crippen molar-refractivity contribution >= 4 is 11.8 Å². The standard InChI is InChI=1S/C15H24N2S/c1-3-18-9-8-11(2)17-15-10-14(16)12-6-4-5-7-13(12)15/h4-7,11,14-15,17H,3,8-10,16H2,1-2H3. The number of hydrogen-bond acceptors (Lipinski definition) is 3. The van der Waals surface area contributed by atoms with Gasteiger partial charge in [0.25, 0.3) is 0 Å². The maximum atomic E-state index is 6.19. The van der Waals surface area contributed by atoms with Crippen molar-refractivity contribution in [2.24, 2.45) is 5.73 Å². The van der Waals surface area contributed by atoms with Gasteiger partial charge in [-0.15, -0.1) is 0 Å². The molecule has 3 atom stereocenters. The first kappa shape index (κ1) is 13.9. The number of hydrogen-bond donors (Lipinski definition) is 2. The van der Waals surface area contributed by atoms with Crippen LogP contribution < -0.4 is 11.1 Å². The van der Waals surface area contributed by atoms with Gasteiger partial charge in [0.15, 0.2) is 0 Å². The molecular weight excluding hydrogens is 240 g/mol. The molecule has 0 aliphatic heterocycles. The summed E-state index contributed by atoms with van der Waals surface area (Å²) in [6, 6.07) is 9.79. The Morgan fingerprint density at radius 2 is 2.11 bits per heavy atom. The van der Waals surface area contributed by atoms with Crippen LogP contribution in [0.5, 0.6) is 0 Å². The minimum atomic E-state index is 0.205. The third kappa shape index (κ3) is 3.28. The Balaban J connectivity index is 1.91. The molecule has 0 amide bonds. The molecule has 18 heavy (non-hydrogen) atoms. The first-order chi connectivity index (χ1) is 8.72. The molecule has 1 aliphatic carbocycles. The van der Waals surface area contributed by atoms with Crippen molar-refractivity contribution in [1.29, 1.82) is 0 Å². The van der Waals surface area contributed by atoms with E-state index in [-0.39, 0.29) is 6.04 Å². The molecule has 3 unspecified atom stereocenters. The first-order valence-corrected chi connectivity index (χ1v) is 8.06. The van der Waals surface area contributed by atoms with Crippen molar-refractivity contribution in [1.82, 2.24) is 5.32 Å². The Hall–Kier alpha value is -0.510. The fraction of sp³-hybridized carbons (Fsp3) is 0.600. The van der Waals surface area contributed by atoms with E-state index in [1.54, 1.807) is 0 Å². The Bertz CT molecular complexity index is 381. The summed E-state index contributed by atoms with van der Waals surface area (Å²) in [5.74, 6) is 2.45. The van der Waals surface area contributed by atoms with Gasteiger partial charge >= 0.3 is 0 Å². The summed E-state index contributed by atoms with van der Waals surface area (Å²) in [7, 11) is 0. The Labute approximate surface area is 115 Å². The van der Waals surface area contributed by atoms with Crippen molar-refractivity contribution in [2.45, 2.75) is 44.8 Å². The SMILES string of the molecule is CCSCCC(C)NC1CC(N)c2ccccc21. The van der Waals surface area contributed by atoms with Crippen LogP contribution in [0.2, 0.25) is 0 Å². The van der Waals surface area contributed by atoms with Crippen LogP contribution in [0.1, 0.15) is 49.9 Å². The molecule has 1 aromatic rings. The maximum absolute atomic E-state index is 6.19. The summed E-state index contributed by atoms with van der Waals surface area (Å²) in [4.78, 5) is 0. The smallest absolute Gasteiger partial charge is 0.0343 e. The highest BCUT2D eigenvalue weighted by Gasteiger charge is 2.28. The van der Waals surface area contributed by atoms with Gasteiger partial charge in [0, 0.05) is 18.1 Å². The van der Waals surface area contributed by atoms with Crippen molar-refractivity contribution in [3.63, 3.8) is 0 Å². The van der Waals surface area contributed by atoms with E-state index in [2.05, 4.69) is 43.4 Å². The molecular formula is C15H24N2S. The van der Waals surface area contributed by atoms with E-state index in [9.17, 15) is 0 Å². The number of fused-ring (bicyclic) bond motifs is 1. The lowest BCUT2D eigenvalue weighted by Crippen LogP contribution is -2.30. The summed E-state index contributed by atoms with van der Waals surface area (Å²) in [6.07, 6.45) is 2.26. The number of nitrogens with one attached hydrogen (secondary N) is 1. The van der Waals surface area contributed by atoms with Crippen LogP contribution in [0, 0.1) is 0 Å². The fourth-order valence-electron chi connectivity index (χ4n) is 2.66. The third-order valence-corrected chi connectivity index (χ3v) is 4.58. The minimum Gasteiger partial charge on any atom is -0.324 e. The maximum Gasteiger partial charge on any atom is 0.0343 e. The van der Waals surface area contributed by atoms with Crippen molar-refractivity contribution in [2.75, 3.05) is 11.5 Å². The van der Waals surface area contributed by atoms with Gasteiger partial charge in [0.2, 0.25) is 0 Å². The predicted octanol–water partition coefficient (Wildman–Crippen LogP) is 3.25. The average molecular weight is 264 g/mol. The molecule has 3 N–H and O–H groups in total. The van der Waals surface area contributed by atoms with Crippen LogP contribution in [0.4, 0.5) is 0 Å². The summed E-state index contributed by atoms with van der Waals surface area (Å²) >= 11 is 2.02. The summed E-state index contributed by atoms with van der Waals surface area (Å²) < 4.78 is 0. The second kappa shape index (κ2) is 6.60. The molecule has 0 bridgehead atoms. The van der Waals surface area contributed by atoms with E-state index < -0.39 is 0 Å². The molecule has 100 valence electrons. The molecule has 1 aromatic carbocycles. The Kier molecular flexibility index (Phi) is 5.10. The van der Waals surface area contributed by atoms with E-state index in [0.717, 1.165) is 6.42 Å². The topological polar surface area (TPSA) is 38.0 Å². The number of benzene rings is 1. The van der Waals surface area contributed by atoms with Gasteiger partial charge in [-0.2, -0.15) is 11.8 Å². The molecule has 2 nitrogen and oxygen atoms in total. The Morgan fingerprint density at radius 3 is 2.83 bits per heavy atom. The van der Waals surface area contributed by atoms with E-state index in [1.807, 2.05) is 11.8 Å². The molecule has 0 radical (unpaired) electrons. The highest BCUT2D eigenvalue weighted by molar-refractivity contribution is 7.99. The molecule has 0 heterocycles. The second-order valence-electron chi connectivity index (χ2n) is 5.08. The zero-order valence-corrected chi connectivity index (χ0v) is 12.2. The van der Waals surface area contributed by atoms with Gasteiger partial charge in [-0.25, -0.2) is 0 Å². The highest BCUT2D eigenvalue weighted by atomic mass is 32.2. The highest BCUT2D eigenvalue weighted by Crippen LogP contribution is 2.37. The van der Waals surface area contributed by atoms with E-state index >= 15 is 0 Å². The molecule has 3 heteroatoms. The lowest BCUT2D eigenvalue weighted by atomic mass is 10.1. The van der Waals surface area contributed by atoms with E-state index in [0.29, 0.717) is 12.1 Å². The molecule has 0 saturated carbocycles. The van der Waals surface area contributed by atoms with Crippen molar-refractivity contribution < 1.29 is 0 Å². The molecule has 0 saturated heterocycles. The van der Waals surface area contributed by atoms with E-state index in [1.165, 1.54) is 29.1 Å². The van der Waals surface area contributed by atoms with Crippen LogP contribution >= 0.6 is 11.8 Å². The normalized spacial score (nSPS) is 23.9. The molecule has 0 spiro atoms. The summed E-state index contributed by atoms with van der Waals surface area (Å²) in [5.41, 5.74) is 8.92. The van der Waals surface area contributed by atoms with E-state index in [4.69, 9.17) is 5.73 Å². The summed E-state index contributed by atoms with van der Waals surface area (Å²) in [6.45, 7) is 4.50. The fourth-order valence-corrected chi connectivity index (χ4v) is 3.47.